The maximum absolute atomic E-state index is 13.2. The zero-order valence-electron chi connectivity index (χ0n) is 20.6. The Morgan fingerprint density at radius 2 is 1.81 bits per heavy atom. The summed E-state index contributed by atoms with van der Waals surface area (Å²) >= 11 is 0. The van der Waals surface area contributed by atoms with Gasteiger partial charge in [-0.15, -0.1) is 0 Å². The van der Waals surface area contributed by atoms with E-state index in [2.05, 4.69) is 35.9 Å². The van der Waals surface area contributed by atoms with E-state index < -0.39 is 0 Å². The van der Waals surface area contributed by atoms with Crippen LogP contribution in [0.2, 0.25) is 0 Å². The van der Waals surface area contributed by atoms with Crippen LogP contribution in [-0.2, 0) is 9.53 Å². The van der Waals surface area contributed by atoms with Gasteiger partial charge >= 0.3 is 12.0 Å². The van der Waals surface area contributed by atoms with Gasteiger partial charge in [-0.1, -0.05) is 0 Å². The van der Waals surface area contributed by atoms with Gasteiger partial charge in [0.2, 0.25) is 0 Å². The maximum Gasteiger partial charge on any atom is 0.320 e. The summed E-state index contributed by atoms with van der Waals surface area (Å²) in [6.45, 7) is 12.6. The lowest BCUT2D eigenvalue weighted by Crippen LogP contribution is -2.69. The molecule has 0 bridgehead atoms. The summed E-state index contributed by atoms with van der Waals surface area (Å²) < 4.78 is 5.24. The van der Waals surface area contributed by atoms with E-state index in [-0.39, 0.29) is 29.5 Å². The highest BCUT2D eigenvalue weighted by atomic mass is 16.5. The zero-order chi connectivity index (χ0) is 22.9. The van der Waals surface area contributed by atoms with Gasteiger partial charge in [-0.2, -0.15) is 0 Å². The molecule has 2 unspecified atom stereocenters. The minimum absolute atomic E-state index is 0.00907. The normalized spacial score (nSPS) is 33.7. The molecule has 2 amide bonds. The third-order valence-electron chi connectivity index (χ3n) is 8.60. The quantitative estimate of drug-likeness (QED) is 0.631. The Hall–Kier alpha value is -1.34. The van der Waals surface area contributed by atoms with Gasteiger partial charge in [-0.25, -0.2) is 4.79 Å². The fourth-order valence-electron chi connectivity index (χ4n) is 6.85. The predicted octanol–water partition coefficient (Wildman–Crippen LogP) is 3.43. The number of carbonyl (C=O) groups is 2. The van der Waals surface area contributed by atoms with Crippen molar-refractivity contribution in [3.05, 3.63) is 0 Å². The van der Waals surface area contributed by atoms with Crippen LogP contribution in [0.25, 0.3) is 0 Å². The molecular weight excluding hydrogens is 404 g/mol. The molecule has 4 fully saturated rings. The van der Waals surface area contributed by atoms with Crippen LogP contribution in [0.5, 0.6) is 0 Å². The molecule has 1 spiro atoms. The summed E-state index contributed by atoms with van der Waals surface area (Å²) in [4.78, 5) is 32.1. The maximum atomic E-state index is 13.2. The second-order valence-corrected chi connectivity index (χ2v) is 10.8. The topological polar surface area (TPSA) is 65.1 Å². The van der Waals surface area contributed by atoms with Gasteiger partial charge in [0.1, 0.15) is 0 Å². The fourth-order valence-corrected chi connectivity index (χ4v) is 6.85. The van der Waals surface area contributed by atoms with E-state index in [1.165, 1.54) is 12.8 Å². The first kappa shape index (κ1) is 23.8. The summed E-state index contributed by atoms with van der Waals surface area (Å²) in [5.41, 5.74) is 0.161. The molecule has 0 radical (unpaired) electrons. The number of urea groups is 1. The second kappa shape index (κ2) is 9.88. The second-order valence-electron chi connectivity index (χ2n) is 10.8. The Kier molecular flexibility index (Phi) is 7.35. The number of ether oxygens (including phenoxy) is 1. The van der Waals surface area contributed by atoms with Gasteiger partial charge in [0.25, 0.3) is 0 Å². The highest BCUT2D eigenvalue weighted by Crippen LogP contribution is 2.45. The Bertz CT molecular complexity index is 670. The van der Waals surface area contributed by atoms with Crippen LogP contribution < -0.4 is 5.32 Å². The van der Waals surface area contributed by atoms with Crippen LogP contribution >= 0.6 is 0 Å². The van der Waals surface area contributed by atoms with Crippen molar-refractivity contribution in [1.82, 2.24) is 20.0 Å². The number of amides is 2. The number of hydrogen-bond donors (Lipinski definition) is 1. The zero-order valence-corrected chi connectivity index (χ0v) is 20.6. The molecule has 3 aliphatic heterocycles. The number of nitrogens with zero attached hydrogens (tertiary/aromatic N) is 3. The number of nitrogens with one attached hydrogen (secondary N) is 1. The Balaban J connectivity index is 1.25. The third-order valence-corrected chi connectivity index (χ3v) is 8.60. The number of piperidine rings is 1. The molecule has 1 aliphatic carbocycles. The molecule has 3 heterocycles. The average Bonchev–Trinajstić information content (AvgIpc) is 3.41. The van der Waals surface area contributed by atoms with Crippen LogP contribution in [0.4, 0.5) is 4.79 Å². The van der Waals surface area contributed by atoms with Crippen molar-refractivity contribution in [2.45, 2.75) is 103 Å². The van der Waals surface area contributed by atoms with Crippen LogP contribution in [0, 0.1) is 11.8 Å². The minimum Gasteiger partial charge on any atom is -0.466 e. The van der Waals surface area contributed by atoms with Gasteiger partial charge in [-0.3, -0.25) is 15.0 Å². The minimum atomic E-state index is -0.00907. The van der Waals surface area contributed by atoms with Gasteiger partial charge in [-0.05, 0) is 98.1 Å². The first-order chi connectivity index (χ1) is 15.4. The molecule has 0 aromatic carbocycles. The van der Waals surface area contributed by atoms with E-state index in [9.17, 15) is 9.59 Å². The summed E-state index contributed by atoms with van der Waals surface area (Å²) in [5.74, 6) is 0.691. The molecule has 1 N–H and O–H groups in total. The highest BCUT2D eigenvalue weighted by molar-refractivity contribution is 5.75. The number of hydrogen-bond acceptors (Lipinski definition) is 5. The van der Waals surface area contributed by atoms with Crippen molar-refractivity contribution < 1.29 is 14.3 Å². The van der Waals surface area contributed by atoms with E-state index in [1.807, 2.05) is 11.8 Å². The molecule has 0 aromatic rings. The largest absolute Gasteiger partial charge is 0.466 e. The molecule has 32 heavy (non-hydrogen) atoms. The summed E-state index contributed by atoms with van der Waals surface area (Å²) in [6.07, 6.45) is 9.24. The molecule has 4 rings (SSSR count). The number of likely N-dealkylation sites (tertiary alicyclic amines) is 2. The third kappa shape index (κ3) is 4.65. The standard InChI is InChI=1S/C25H44N4O3/c1-5-28(18(3)4)24(31)29-13-7-8-21(29)19-10-14-27(15-11-19)22-17-25(26-22)12-9-20(16-25)23(30)32-6-2/h18-22,26H,5-17H2,1-4H3/t20?,21-,22-,25?/m0/s1. The van der Waals surface area contributed by atoms with Gasteiger partial charge < -0.3 is 14.5 Å². The van der Waals surface area contributed by atoms with Gasteiger partial charge in [0, 0.05) is 30.7 Å². The molecule has 1 saturated carbocycles. The van der Waals surface area contributed by atoms with E-state index in [0.29, 0.717) is 24.7 Å². The predicted molar refractivity (Wildman–Crippen MR) is 125 cm³/mol. The van der Waals surface area contributed by atoms with Crippen LogP contribution in [-0.4, -0.2) is 83.3 Å². The molecule has 3 saturated heterocycles. The number of carbonyl (C=O) groups excluding carboxylic acids is 2. The molecule has 182 valence electrons. The Morgan fingerprint density at radius 1 is 1.09 bits per heavy atom. The lowest BCUT2D eigenvalue weighted by atomic mass is 9.80. The van der Waals surface area contributed by atoms with E-state index in [4.69, 9.17) is 4.74 Å². The smallest absolute Gasteiger partial charge is 0.320 e. The fraction of sp³-hybridized carbons (Fsp3) is 0.920. The SMILES string of the molecule is CCOC(=O)C1CCC2(C1)C[C@H](N1CCC([C@@H]3CCCN3C(=O)N(CC)C(C)C)CC1)N2. The summed E-state index contributed by atoms with van der Waals surface area (Å²) in [6, 6.07) is 0.914. The first-order valence-electron chi connectivity index (χ1n) is 13.1. The lowest BCUT2D eigenvalue weighted by molar-refractivity contribution is -0.148. The molecule has 4 atom stereocenters. The van der Waals surface area contributed by atoms with Crippen molar-refractivity contribution in [2.75, 3.05) is 32.8 Å². The average molecular weight is 449 g/mol. The first-order valence-corrected chi connectivity index (χ1v) is 13.1. The van der Waals surface area contributed by atoms with Gasteiger partial charge in [0.15, 0.2) is 0 Å². The Morgan fingerprint density at radius 3 is 2.44 bits per heavy atom. The van der Waals surface area contributed by atoms with E-state index >= 15 is 0 Å². The highest BCUT2D eigenvalue weighted by Gasteiger charge is 2.52. The van der Waals surface area contributed by atoms with Crippen LogP contribution in [0.15, 0.2) is 0 Å². The molecule has 0 aromatic heterocycles. The molecule has 7 heteroatoms. The van der Waals surface area contributed by atoms with Crippen molar-refractivity contribution in [1.29, 1.82) is 0 Å². The van der Waals surface area contributed by atoms with E-state index in [1.54, 1.807) is 0 Å². The van der Waals surface area contributed by atoms with Crippen molar-refractivity contribution in [2.24, 2.45) is 11.8 Å². The van der Waals surface area contributed by atoms with Crippen molar-refractivity contribution in [3.8, 4) is 0 Å². The van der Waals surface area contributed by atoms with Crippen LogP contribution in [0.3, 0.4) is 0 Å². The number of rotatable bonds is 6. The lowest BCUT2D eigenvalue weighted by Gasteiger charge is -2.53. The summed E-state index contributed by atoms with van der Waals surface area (Å²) in [7, 11) is 0. The van der Waals surface area contributed by atoms with Crippen LogP contribution in [0.1, 0.15) is 79.1 Å². The summed E-state index contributed by atoms with van der Waals surface area (Å²) in [5, 5.41) is 3.85. The monoisotopic (exact) mass is 448 g/mol. The molecular formula is C25H44N4O3. The van der Waals surface area contributed by atoms with Gasteiger partial charge in [0.05, 0.1) is 18.7 Å². The molecule has 7 nitrogen and oxygen atoms in total. The number of esters is 1. The molecule has 4 aliphatic rings. The van der Waals surface area contributed by atoms with E-state index in [0.717, 1.165) is 64.7 Å². The van der Waals surface area contributed by atoms with Crippen molar-refractivity contribution in [3.63, 3.8) is 0 Å². The Labute approximate surface area is 194 Å². The van der Waals surface area contributed by atoms with Crippen molar-refractivity contribution >= 4 is 12.0 Å².